The number of non-ortho nitro benzene ring substituents is 1. The molecule has 0 saturated heterocycles. The van der Waals surface area contributed by atoms with Crippen LogP contribution in [0.2, 0.25) is 0 Å². The quantitative estimate of drug-likeness (QED) is 0.325. The van der Waals surface area contributed by atoms with Gasteiger partial charge >= 0.3 is 18.0 Å². The normalized spacial score (nSPS) is 14.9. The molecule has 0 spiro atoms. The van der Waals surface area contributed by atoms with E-state index < -0.39 is 45.9 Å². The molecule has 9 nitrogen and oxygen atoms in total. The molecule has 0 aliphatic heterocycles. The summed E-state index contributed by atoms with van der Waals surface area (Å²) in [6.07, 6.45) is -3.95. The number of hydrogen-bond donors (Lipinski definition) is 0. The van der Waals surface area contributed by atoms with Crippen molar-refractivity contribution in [3.05, 3.63) is 37.9 Å². The second-order valence-electron chi connectivity index (χ2n) is 5.63. The Kier molecular flexibility index (Phi) is 5.63. The van der Waals surface area contributed by atoms with E-state index in [2.05, 4.69) is 9.47 Å². The first kappa shape index (κ1) is 19.4. The summed E-state index contributed by atoms with van der Waals surface area (Å²) in [5.74, 6) is -0.973. The average Bonchev–Trinajstić information content (AvgIpc) is 3.06. The third kappa shape index (κ3) is 4.80. The summed E-state index contributed by atoms with van der Waals surface area (Å²) in [6, 6.07) is 1.63. The molecule has 12 heteroatoms. The highest BCUT2D eigenvalue weighted by molar-refractivity contribution is 5.70. The number of ether oxygens (including phenoxy) is 2. The van der Waals surface area contributed by atoms with E-state index in [1.165, 1.54) is 0 Å². The van der Waals surface area contributed by atoms with E-state index in [-0.39, 0.29) is 11.5 Å². The summed E-state index contributed by atoms with van der Waals surface area (Å²) in [6.45, 7) is -1.93. The molecule has 0 N–H and O–H groups in total. The summed E-state index contributed by atoms with van der Waals surface area (Å²) in [7, 11) is 0. The fraction of sp³-hybridized carbons (Fsp3) is 0.500. The Morgan fingerprint density at radius 1 is 1.15 bits per heavy atom. The maximum absolute atomic E-state index is 12.1. The molecule has 0 bridgehead atoms. The van der Waals surface area contributed by atoms with Gasteiger partial charge in [0.2, 0.25) is 5.75 Å². The lowest BCUT2D eigenvalue weighted by Crippen LogP contribution is -2.23. The summed E-state index contributed by atoms with van der Waals surface area (Å²) < 4.78 is 44.9. The van der Waals surface area contributed by atoms with E-state index in [1.807, 2.05) is 0 Å². The third-order valence-electron chi connectivity index (χ3n) is 3.82. The average molecular weight is 378 g/mol. The van der Waals surface area contributed by atoms with Crippen molar-refractivity contribution in [2.75, 3.05) is 6.61 Å². The summed E-state index contributed by atoms with van der Waals surface area (Å²) >= 11 is 0. The van der Waals surface area contributed by atoms with Crippen LogP contribution < -0.4 is 4.74 Å². The Hall–Kier alpha value is -2.92. The van der Waals surface area contributed by atoms with E-state index in [9.17, 15) is 38.2 Å². The van der Waals surface area contributed by atoms with Gasteiger partial charge < -0.3 is 9.47 Å². The first-order valence-electron chi connectivity index (χ1n) is 7.46. The highest BCUT2D eigenvalue weighted by atomic mass is 19.4. The standard InChI is InChI=1S/C14H13F3N2O7/c15-14(16,17)7-25-13(20)26-12-10(8-3-1-2-4-8)5-9(18(21)22)6-11(12)19(23)24/h5-6,8H,1-4,7H2. The number of benzene rings is 1. The molecule has 1 fully saturated rings. The number of nitro benzene ring substituents is 2. The van der Waals surface area contributed by atoms with Crippen molar-refractivity contribution in [3.63, 3.8) is 0 Å². The van der Waals surface area contributed by atoms with Crippen molar-refractivity contribution in [1.82, 2.24) is 0 Å². The number of carbonyl (C=O) groups is 1. The zero-order valence-corrected chi connectivity index (χ0v) is 13.2. The van der Waals surface area contributed by atoms with Crippen LogP contribution in [0.3, 0.4) is 0 Å². The van der Waals surface area contributed by atoms with E-state index in [0.29, 0.717) is 18.9 Å². The molecule has 0 unspecified atom stereocenters. The molecular formula is C14H13F3N2O7. The predicted octanol–water partition coefficient (Wildman–Crippen LogP) is 4.24. The predicted molar refractivity (Wildman–Crippen MR) is 79.0 cm³/mol. The van der Waals surface area contributed by atoms with Crippen LogP contribution in [0.1, 0.15) is 37.2 Å². The lowest BCUT2D eigenvalue weighted by Gasteiger charge is -2.15. The SMILES string of the molecule is O=C(OCC(F)(F)F)Oc1c(C2CCCC2)cc([N+](=O)[O-])cc1[N+](=O)[O-]. The Labute approximate surface area is 144 Å². The second kappa shape index (κ2) is 7.54. The number of hydrogen-bond acceptors (Lipinski definition) is 7. The van der Waals surface area contributed by atoms with Crippen molar-refractivity contribution in [3.8, 4) is 5.75 Å². The maximum Gasteiger partial charge on any atom is 0.514 e. The van der Waals surface area contributed by atoms with Gasteiger partial charge in [-0.1, -0.05) is 12.8 Å². The fourth-order valence-corrected chi connectivity index (χ4v) is 2.77. The number of alkyl halides is 3. The van der Waals surface area contributed by atoms with Gasteiger partial charge in [-0.25, -0.2) is 4.79 Å². The fourth-order valence-electron chi connectivity index (χ4n) is 2.77. The smallest absolute Gasteiger partial charge is 0.424 e. The molecule has 0 radical (unpaired) electrons. The largest absolute Gasteiger partial charge is 0.514 e. The first-order valence-corrected chi connectivity index (χ1v) is 7.46. The van der Waals surface area contributed by atoms with Crippen LogP contribution in [0.4, 0.5) is 29.3 Å². The van der Waals surface area contributed by atoms with Crippen LogP contribution in [0.15, 0.2) is 12.1 Å². The van der Waals surface area contributed by atoms with Gasteiger partial charge in [-0.15, -0.1) is 0 Å². The number of nitrogens with zero attached hydrogens (tertiary/aromatic N) is 2. The minimum atomic E-state index is -4.80. The van der Waals surface area contributed by atoms with Gasteiger partial charge in [-0.05, 0) is 18.8 Å². The van der Waals surface area contributed by atoms with Gasteiger partial charge in [0.1, 0.15) is 0 Å². The minimum absolute atomic E-state index is 0.0346. The van der Waals surface area contributed by atoms with Gasteiger partial charge in [0, 0.05) is 11.6 Å². The van der Waals surface area contributed by atoms with Gasteiger partial charge in [-0.3, -0.25) is 20.2 Å². The number of rotatable bonds is 5. The molecule has 26 heavy (non-hydrogen) atoms. The van der Waals surface area contributed by atoms with Crippen LogP contribution in [0.25, 0.3) is 0 Å². The third-order valence-corrected chi connectivity index (χ3v) is 3.82. The first-order chi connectivity index (χ1) is 12.1. The van der Waals surface area contributed by atoms with E-state index in [4.69, 9.17) is 0 Å². The molecule has 2 rings (SSSR count). The minimum Gasteiger partial charge on any atom is -0.424 e. The van der Waals surface area contributed by atoms with Gasteiger partial charge in [-0.2, -0.15) is 13.2 Å². The van der Waals surface area contributed by atoms with Crippen molar-refractivity contribution >= 4 is 17.5 Å². The van der Waals surface area contributed by atoms with Crippen molar-refractivity contribution in [1.29, 1.82) is 0 Å². The van der Waals surface area contributed by atoms with Crippen LogP contribution in [-0.2, 0) is 4.74 Å². The van der Waals surface area contributed by atoms with Crippen molar-refractivity contribution in [2.24, 2.45) is 0 Å². The molecule has 0 atom stereocenters. The molecule has 1 saturated carbocycles. The van der Waals surface area contributed by atoms with Gasteiger partial charge in [0.15, 0.2) is 6.61 Å². The topological polar surface area (TPSA) is 122 Å². The number of carbonyl (C=O) groups excluding carboxylic acids is 1. The molecule has 1 aromatic rings. The van der Waals surface area contributed by atoms with Crippen LogP contribution in [0.5, 0.6) is 5.75 Å². The summed E-state index contributed by atoms with van der Waals surface area (Å²) in [4.78, 5) is 31.9. The molecule has 0 heterocycles. The highest BCUT2D eigenvalue weighted by Crippen LogP contribution is 2.45. The Bertz CT molecular complexity index is 730. The van der Waals surface area contributed by atoms with Gasteiger partial charge in [0.05, 0.1) is 15.9 Å². The molecule has 1 aliphatic rings. The van der Waals surface area contributed by atoms with Crippen LogP contribution >= 0.6 is 0 Å². The van der Waals surface area contributed by atoms with Gasteiger partial charge in [0.25, 0.3) is 5.69 Å². The number of halogens is 3. The molecule has 142 valence electrons. The van der Waals surface area contributed by atoms with E-state index in [1.54, 1.807) is 0 Å². The zero-order valence-electron chi connectivity index (χ0n) is 13.2. The maximum atomic E-state index is 12.1. The lowest BCUT2D eigenvalue weighted by molar-refractivity contribution is -0.394. The molecule has 1 aromatic carbocycles. The van der Waals surface area contributed by atoms with Crippen molar-refractivity contribution in [2.45, 2.75) is 37.8 Å². The molecule has 0 amide bonds. The van der Waals surface area contributed by atoms with E-state index in [0.717, 1.165) is 18.9 Å². The lowest BCUT2D eigenvalue weighted by atomic mass is 9.95. The van der Waals surface area contributed by atoms with Crippen molar-refractivity contribution < 1.29 is 37.3 Å². The number of nitro groups is 2. The molecular weight excluding hydrogens is 365 g/mol. The highest BCUT2D eigenvalue weighted by Gasteiger charge is 2.34. The Morgan fingerprint density at radius 2 is 1.77 bits per heavy atom. The zero-order chi connectivity index (χ0) is 19.5. The summed E-state index contributed by atoms with van der Waals surface area (Å²) in [5, 5.41) is 22.2. The molecule has 0 aromatic heterocycles. The monoisotopic (exact) mass is 378 g/mol. The Morgan fingerprint density at radius 3 is 2.27 bits per heavy atom. The van der Waals surface area contributed by atoms with E-state index >= 15 is 0 Å². The Balaban J connectivity index is 2.42. The summed E-state index contributed by atoms with van der Waals surface area (Å²) in [5.41, 5.74) is -1.42. The second-order valence-corrected chi connectivity index (χ2v) is 5.63. The van der Waals surface area contributed by atoms with Crippen LogP contribution in [0, 0.1) is 20.2 Å². The molecule has 1 aliphatic carbocycles. The van der Waals surface area contributed by atoms with Crippen LogP contribution in [-0.4, -0.2) is 28.8 Å².